The van der Waals surface area contributed by atoms with Gasteiger partial charge in [0.15, 0.2) is 0 Å². The summed E-state index contributed by atoms with van der Waals surface area (Å²) in [6.45, 7) is 12.7. The molecular weight excluding hydrogens is 304 g/mol. The maximum absolute atomic E-state index is 10.2. The molecule has 0 spiro atoms. The van der Waals surface area contributed by atoms with Crippen molar-refractivity contribution >= 4 is 22.9 Å². The van der Waals surface area contributed by atoms with E-state index in [0.29, 0.717) is 5.84 Å². The second-order valence-electron chi connectivity index (χ2n) is 7.89. The van der Waals surface area contributed by atoms with Crippen LogP contribution in [-0.4, -0.2) is 10.9 Å². The Balaban J connectivity index is 2.61. The molecule has 0 aliphatic rings. The van der Waals surface area contributed by atoms with Crippen LogP contribution < -0.4 is 5.32 Å². The number of rotatable bonds is 2. The molecule has 23 heavy (non-hydrogen) atoms. The van der Waals surface area contributed by atoms with Crippen molar-refractivity contribution in [2.45, 2.75) is 52.4 Å². The van der Waals surface area contributed by atoms with Crippen LogP contribution in [0, 0.1) is 5.41 Å². The predicted octanol–water partition coefficient (Wildman–Crippen LogP) is 5.49. The summed E-state index contributed by atoms with van der Waals surface area (Å²) in [5, 5.41) is 23.8. The van der Waals surface area contributed by atoms with E-state index >= 15 is 0 Å². The van der Waals surface area contributed by atoms with Crippen molar-refractivity contribution in [2.75, 3.05) is 5.32 Å². The number of phenols is 1. The maximum Gasteiger partial charge on any atom is 0.140 e. The van der Waals surface area contributed by atoms with Crippen LogP contribution in [0.2, 0.25) is 0 Å². The average molecular weight is 330 g/mol. The molecule has 2 rings (SSSR count). The van der Waals surface area contributed by atoms with Gasteiger partial charge in [0.25, 0.3) is 0 Å². The standard InChI is InChI=1S/C19H26N2OS/c1-18(2,3)13-10-12(22)11-14(19(4,5)6)16(13)21-17(20)15-8-7-9-23-15/h7-11,22H,1-6H3,(H2,20,21). The smallest absolute Gasteiger partial charge is 0.140 e. The molecule has 0 aliphatic heterocycles. The summed E-state index contributed by atoms with van der Waals surface area (Å²) in [5.41, 5.74) is 2.68. The number of thiophene rings is 1. The molecule has 0 amide bonds. The summed E-state index contributed by atoms with van der Waals surface area (Å²) in [6.07, 6.45) is 0. The van der Waals surface area contributed by atoms with Gasteiger partial charge in [-0.1, -0.05) is 47.6 Å². The van der Waals surface area contributed by atoms with Crippen molar-refractivity contribution in [2.24, 2.45) is 0 Å². The second kappa shape index (κ2) is 6.00. The molecule has 0 aliphatic carbocycles. The van der Waals surface area contributed by atoms with Crippen LogP contribution in [0.1, 0.15) is 57.5 Å². The minimum atomic E-state index is -0.142. The summed E-state index contributed by atoms with van der Waals surface area (Å²) in [5.74, 6) is 0.662. The van der Waals surface area contributed by atoms with Crippen LogP contribution in [0.5, 0.6) is 5.75 Å². The third kappa shape index (κ3) is 3.94. The Morgan fingerprint density at radius 1 is 1.04 bits per heavy atom. The molecule has 0 saturated carbocycles. The Morgan fingerprint density at radius 2 is 1.57 bits per heavy atom. The van der Waals surface area contributed by atoms with E-state index < -0.39 is 0 Å². The Hall–Kier alpha value is -1.81. The van der Waals surface area contributed by atoms with Crippen molar-refractivity contribution in [3.8, 4) is 5.75 Å². The number of benzene rings is 1. The van der Waals surface area contributed by atoms with Gasteiger partial charge in [-0.15, -0.1) is 11.3 Å². The van der Waals surface area contributed by atoms with Crippen molar-refractivity contribution in [1.82, 2.24) is 0 Å². The number of hydrogen-bond donors (Lipinski definition) is 3. The Morgan fingerprint density at radius 3 is 1.96 bits per heavy atom. The van der Waals surface area contributed by atoms with E-state index in [1.165, 1.54) is 0 Å². The fourth-order valence-electron chi connectivity index (χ4n) is 2.55. The van der Waals surface area contributed by atoms with Crippen molar-refractivity contribution < 1.29 is 5.11 Å². The van der Waals surface area contributed by atoms with Gasteiger partial charge < -0.3 is 10.4 Å². The highest BCUT2D eigenvalue weighted by Crippen LogP contribution is 2.40. The lowest BCUT2D eigenvalue weighted by Gasteiger charge is -2.30. The van der Waals surface area contributed by atoms with Crippen LogP contribution in [0.4, 0.5) is 5.69 Å². The van der Waals surface area contributed by atoms with Crippen LogP contribution >= 0.6 is 11.3 Å². The molecule has 1 heterocycles. The lowest BCUT2D eigenvalue weighted by Crippen LogP contribution is -2.23. The topological polar surface area (TPSA) is 56.1 Å². The molecule has 0 unspecified atom stereocenters. The third-order valence-corrected chi connectivity index (χ3v) is 4.64. The number of anilines is 1. The molecule has 4 heteroatoms. The van der Waals surface area contributed by atoms with Gasteiger partial charge >= 0.3 is 0 Å². The molecule has 0 saturated heterocycles. The predicted molar refractivity (Wildman–Crippen MR) is 100 cm³/mol. The van der Waals surface area contributed by atoms with Crippen molar-refractivity contribution in [1.29, 1.82) is 5.41 Å². The van der Waals surface area contributed by atoms with Gasteiger partial charge in [-0.3, -0.25) is 5.41 Å². The molecule has 0 radical (unpaired) electrons. The fraction of sp³-hybridized carbons (Fsp3) is 0.421. The minimum absolute atomic E-state index is 0.142. The van der Waals surface area contributed by atoms with Gasteiger partial charge in [0.2, 0.25) is 0 Å². The fourth-order valence-corrected chi connectivity index (χ4v) is 3.18. The first kappa shape index (κ1) is 17.5. The highest BCUT2D eigenvalue weighted by atomic mass is 32.1. The molecule has 124 valence electrons. The zero-order chi connectivity index (χ0) is 17.4. The largest absolute Gasteiger partial charge is 0.508 e. The summed E-state index contributed by atoms with van der Waals surface area (Å²) < 4.78 is 0. The van der Waals surface area contributed by atoms with Gasteiger partial charge in [-0.05, 0) is 45.5 Å². The van der Waals surface area contributed by atoms with Gasteiger partial charge in [0.1, 0.15) is 11.6 Å². The van der Waals surface area contributed by atoms with E-state index in [9.17, 15) is 5.11 Å². The summed E-state index contributed by atoms with van der Waals surface area (Å²) >= 11 is 1.54. The van der Waals surface area contributed by atoms with Crippen LogP contribution in [-0.2, 0) is 10.8 Å². The molecule has 1 aromatic carbocycles. The molecule has 1 aromatic heterocycles. The molecule has 3 N–H and O–H groups in total. The monoisotopic (exact) mass is 330 g/mol. The third-order valence-electron chi connectivity index (χ3n) is 3.76. The van der Waals surface area contributed by atoms with Crippen LogP contribution in [0.25, 0.3) is 0 Å². The Kier molecular flexibility index (Phi) is 4.58. The van der Waals surface area contributed by atoms with E-state index in [1.807, 2.05) is 17.5 Å². The zero-order valence-electron chi connectivity index (χ0n) is 14.7. The van der Waals surface area contributed by atoms with Gasteiger partial charge in [0.05, 0.1) is 4.88 Å². The molecule has 0 fully saturated rings. The molecule has 0 bridgehead atoms. The maximum atomic E-state index is 10.2. The van der Waals surface area contributed by atoms with Crippen molar-refractivity contribution in [3.63, 3.8) is 0 Å². The first-order chi connectivity index (χ1) is 10.5. The van der Waals surface area contributed by atoms with Gasteiger partial charge in [-0.2, -0.15) is 0 Å². The van der Waals surface area contributed by atoms with E-state index in [0.717, 1.165) is 21.7 Å². The normalized spacial score (nSPS) is 12.3. The Bertz CT molecular complexity index is 669. The van der Waals surface area contributed by atoms with Crippen molar-refractivity contribution in [3.05, 3.63) is 45.6 Å². The molecule has 3 nitrogen and oxygen atoms in total. The number of aromatic hydroxyl groups is 1. The summed E-state index contributed by atoms with van der Waals surface area (Å²) in [6, 6.07) is 7.49. The highest BCUT2D eigenvalue weighted by Gasteiger charge is 2.27. The Labute approximate surface area is 142 Å². The first-order valence-corrected chi connectivity index (χ1v) is 8.65. The minimum Gasteiger partial charge on any atom is -0.508 e. The van der Waals surface area contributed by atoms with E-state index in [-0.39, 0.29) is 16.6 Å². The van der Waals surface area contributed by atoms with Crippen LogP contribution in [0.3, 0.4) is 0 Å². The molecule has 0 atom stereocenters. The highest BCUT2D eigenvalue weighted by molar-refractivity contribution is 7.12. The van der Waals surface area contributed by atoms with Gasteiger partial charge in [0, 0.05) is 5.69 Å². The second-order valence-corrected chi connectivity index (χ2v) is 8.84. The SMILES string of the molecule is CC(C)(C)c1cc(O)cc(C(C)(C)C)c1NC(=N)c1cccs1. The average Bonchev–Trinajstić information content (AvgIpc) is 2.91. The molecular formula is C19H26N2OS. The lowest BCUT2D eigenvalue weighted by atomic mass is 9.78. The van der Waals surface area contributed by atoms with Gasteiger partial charge in [-0.25, -0.2) is 0 Å². The summed E-state index contributed by atoms with van der Waals surface area (Å²) in [7, 11) is 0. The quantitative estimate of drug-likeness (QED) is 0.387. The number of phenolic OH excluding ortho intramolecular Hbond substituents is 1. The zero-order valence-corrected chi connectivity index (χ0v) is 15.6. The molecule has 2 aromatic rings. The number of nitrogens with one attached hydrogen (secondary N) is 2. The lowest BCUT2D eigenvalue weighted by molar-refractivity contribution is 0.466. The first-order valence-electron chi connectivity index (χ1n) is 7.77. The van der Waals surface area contributed by atoms with E-state index in [2.05, 4.69) is 46.9 Å². The van der Waals surface area contributed by atoms with E-state index in [1.54, 1.807) is 23.5 Å². The van der Waals surface area contributed by atoms with E-state index in [4.69, 9.17) is 5.41 Å². The number of hydrogen-bond acceptors (Lipinski definition) is 3. The summed E-state index contributed by atoms with van der Waals surface area (Å²) in [4.78, 5) is 0.901. The number of amidine groups is 1. The van der Waals surface area contributed by atoms with Crippen LogP contribution in [0.15, 0.2) is 29.6 Å².